The van der Waals surface area contributed by atoms with Crippen molar-refractivity contribution in [1.82, 2.24) is 13.9 Å². The van der Waals surface area contributed by atoms with Crippen LogP contribution in [0.4, 0.5) is 0 Å². The molecule has 1 aromatic heterocycles. The third-order valence-corrected chi connectivity index (χ3v) is 4.08. The predicted octanol–water partition coefficient (Wildman–Crippen LogP) is 0.378. The number of hydrogen-bond donors (Lipinski definition) is 0. The molecule has 14 heavy (non-hydrogen) atoms. The Bertz CT molecular complexity index is 401. The van der Waals surface area contributed by atoms with E-state index in [-0.39, 0.29) is 6.54 Å². The number of aromatic nitrogens is 2. The Morgan fingerprint density at radius 3 is 2.71 bits per heavy atom. The average Bonchev–Trinajstić information content (AvgIpc) is 2.52. The molecule has 0 aliphatic carbocycles. The molecule has 0 atom stereocenters. The largest absolute Gasteiger partial charge is 0.337 e. The van der Waals surface area contributed by atoms with Crippen LogP contribution >= 0.6 is 11.6 Å². The molecule has 0 saturated carbocycles. The van der Waals surface area contributed by atoms with Crippen LogP contribution in [0.5, 0.6) is 0 Å². The van der Waals surface area contributed by atoms with E-state index in [1.165, 1.54) is 11.4 Å². The second kappa shape index (κ2) is 4.29. The fourth-order valence-electron chi connectivity index (χ4n) is 0.930. The van der Waals surface area contributed by atoms with Gasteiger partial charge in [-0.1, -0.05) is 0 Å². The van der Waals surface area contributed by atoms with Crippen LogP contribution in [0.15, 0.2) is 12.4 Å². The van der Waals surface area contributed by atoms with E-state index >= 15 is 0 Å². The molecule has 0 aliphatic rings. The first-order chi connectivity index (χ1) is 6.47. The summed E-state index contributed by atoms with van der Waals surface area (Å²) in [7, 11) is -0.0580. The number of hydrogen-bond acceptors (Lipinski definition) is 3. The van der Waals surface area contributed by atoms with Gasteiger partial charge in [0.05, 0.1) is 6.54 Å². The van der Waals surface area contributed by atoms with Crippen LogP contribution in [0.1, 0.15) is 5.82 Å². The lowest BCUT2D eigenvalue weighted by atomic mass is 10.6. The Labute approximate surface area is 88.4 Å². The number of aryl methyl sites for hydroxylation is 1. The quantitative estimate of drug-likeness (QED) is 0.712. The van der Waals surface area contributed by atoms with Gasteiger partial charge >= 0.3 is 0 Å². The van der Waals surface area contributed by atoms with Gasteiger partial charge in [0.1, 0.15) is 11.0 Å². The second-order valence-corrected chi connectivity index (χ2v) is 5.59. The lowest BCUT2D eigenvalue weighted by Gasteiger charge is -2.14. The van der Waals surface area contributed by atoms with Gasteiger partial charge in [-0.05, 0) is 0 Å². The highest BCUT2D eigenvalue weighted by Gasteiger charge is 2.17. The van der Waals surface area contributed by atoms with Crippen molar-refractivity contribution in [3.05, 3.63) is 18.2 Å². The van der Waals surface area contributed by atoms with Gasteiger partial charge in [-0.15, -0.1) is 11.6 Å². The summed E-state index contributed by atoms with van der Waals surface area (Å²) in [5, 5.41) is -0.409. The number of halogens is 1. The summed E-state index contributed by atoms with van der Waals surface area (Å²) in [4.78, 5) is 4.02. The molecule has 1 heterocycles. The van der Waals surface area contributed by atoms with Crippen LogP contribution in [0.2, 0.25) is 0 Å². The van der Waals surface area contributed by atoms with E-state index in [1.807, 2.05) is 7.05 Å². The SMILES string of the molecule is CN(Cc1nccn1C)S(=O)(=O)CCl. The van der Waals surface area contributed by atoms with Gasteiger partial charge < -0.3 is 4.57 Å². The van der Waals surface area contributed by atoms with Crippen LogP contribution in [-0.4, -0.2) is 34.5 Å². The van der Waals surface area contributed by atoms with Crippen molar-refractivity contribution >= 4 is 21.6 Å². The minimum Gasteiger partial charge on any atom is -0.337 e. The van der Waals surface area contributed by atoms with Crippen molar-refractivity contribution in [1.29, 1.82) is 0 Å². The zero-order valence-electron chi connectivity index (χ0n) is 8.01. The third-order valence-electron chi connectivity index (χ3n) is 1.90. The number of nitrogens with zero attached hydrogens (tertiary/aromatic N) is 3. The van der Waals surface area contributed by atoms with Crippen LogP contribution < -0.4 is 0 Å². The molecule has 0 aliphatic heterocycles. The van der Waals surface area contributed by atoms with E-state index in [0.29, 0.717) is 5.82 Å². The summed E-state index contributed by atoms with van der Waals surface area (Å²) < 4.78 is 25.5. The Balaban J connectivity index is 2.76. The summed E-state index contributed by atoms with van der Waals surface area (Å²) >= 11 is 5.31. The molecule has 80 valence electrons. The summed E-state index contributed by atoms with van der Waals surface area (Å²) in [6.45, 7) is 0.235. The average molecular weight is 238 g/mol. The number of rotatable bonds is 4. The lowest BCUT2D eigenvalue weighted by Crippen LogP contribution is -2.28. The molecule has 0 amide bonds. The van der Waals surface area contributed by atoms with Crippen LogP contribution in [0, 0.1) is 0 Å². The van der Waals surface area contributed by atoms with Crippen molar-refractivity contribution in [3.8, 4) is 0 Å². The van der Waals surface area contributed by atoms with Gasteiger partial charge in [0.25, 0.3) is 0 Å². The molecule has 0 saturated heterocycles. The van der Waals surface area contributed by atoms with Gasteiger partial charge in [0, 0.05) is 26.5 Å². The maximum Gasteiger partial charge on any atom is 0.228 e. The maximum absolute atomic E-state index is 11.3. The Hall–Kier alpha value is -0.590. The number of alkyl halides is 1. The van der Waals surface area contributed by atoms with Crippen LogP contribution in [0.25, 0.3) is 0 Å². The van der Waals surface area contributed by atoms with Crippen molar-refractivity contribution < 1.29 is 8.42 Å². The maximum atomic E-state index is 11.3. The monoisotopic (exact) mass is 237 g/mol. The third kappa shape index (κ3) is 2.46. The van der Waals surface area contributed by atoms with Gasteiger partial charge in [-0.25, -0.2) is 13.4 Å². The Morgan fingerprint density at radius 1 is 1.64 bits per heavy atom. The highest BCUT2D eigenvalue weighted by atomic mass is 35.5. The lowest BCUT2D eigenvalue weighted by molar-refractivity contribution is 0.455. The topological polar surface area (TPSA) is 55.2 Å². The first-order valence-electron chi connectivity index (χ1n) is 3.93. The highest BCUT2D eigenvalue weighted by molar-refractivity contribution is 7.90. The van der Waals surface area contributed by atoms with Gasteiger partial charge in [0.15, 0.2) is 0 Å². The van der Waals surface area contributed by atoms with E-state index in [1.54, 1.807) is 17.0 Å². The molecule has 5 nitrogen and oxygen atoms in total. The first kappa shape index (κ1) is 11.5. The van der Waals surface area contributed by atoms with Crippen molar-refractivity contribution in [2.75, 3.05) is 12.3 Å². The second-order valence-electron chi connectivity index (χ2n) is 2.93. The molecule has 0 bridgehead atoms. The predicted molar refractivity (Wildman–Crippen MR) is 54.3 cm³/mol. The van der Waals surface area contributed by atoms with E-state index in [0.717, 1.165) is 0 Å². The minimum atomic E-state index is -3.35. The summed E-state index contributed by atoms with van der Waals surface area (Å²) in [5.74, 6) is 0.682. The van der Waals surface area contributed by atoms with Gasteiger partial charge in [-0.3, -0.25) is 0 Å². The molecule has 7 heteroatoms. The zero-order chi connectivity index (χ0) is 10.8. The smallest absolute Gasteiger partial charge is 0.228 e. The molecule has 1 aromatic rings. The van der Waals surface area contributed by atoms with Gasteiger partial charge in [-0.2, -0.15) is 4.31 Å². The fourth-order valence-corrected chi connectivity index (χ4v) is 1.91. The van der Waals surface area contributed by atoms with E-state index < -0.39 is 15.2 Å². The van der Waals surface area contributed by atoms with Crippen molar-refractivity contribution in [2.24, 2.45) is 7.05 Å². The number of sulfonamides is 1. The van der Waals surface area contributed by atoms with Gasteiger partial charge in [0.2, 0.25) is 10.0 Å². The highest BCUT2D eigenvalue weighted by Crippen LogP contribution is 2.06. The summed E-state index contributed by atoms with van der Waals surface area (Å²) in [5.41, 5.74) is 0. The van der Waals surface area contributed by atoms with E-state index in [2.05, 4.69) is 4.98 Å². The molecule has 0 aromatic carbocycles. The Morgan fingerprint density at radius 2 is 2.29 bits per heavy atom. The molecular formula is C7H12ClN3O2S. The number of imidazole rings is 1. The summed E-state index contributed by atoms with van der Waals surface area (Å²) in [6, 6.07) is 0. The fraction of sp³-hybridized carbons (Fsp3) is 0.571. The van der Waals surface area contributed by atoms with E-state index in [4.69, 9.17) is 11.6 Å². The van der Waals surface area contributed by atoms with Crippen LogP contribution in [-0.2, 0) is 23.6 Å². The van der Waals surface area contributed by atoms with Crippen LogP contribution in [0.3, 0.4) is 0 Å². The van der Waals surface area contributed by atoms with E-state index in [9.17, 15) is 8.42 Å². The Kier molecular flexibility index (Phi) is 3.52. The zero-order valence-corrected chi connectivity index (χ0v) is 9.59. The summed E-state index contributed by atoms with van der Waals surface area (Å²) in [6.07, 6.45) is 3.38. The molecular weight excluding hydrogens is 226 g/mol. The van der Waals surface area contributed by atoms with Crippen molar-refractivity contribution in [2.45, 2.75) is 6.54 Å². The standard InChI is InChI=1S/C7H12ClN3O2S/c1-10-4-3-9-7(10)5-11(2)14(12,13)6-8/h3-4H,5-6H2,1-2H3. The van der Waals surface area contributed by atoms with Crippen molar-refractivity contribution in [3.63, 3.8) is 0 Å². The molecule has 0 radical (unpaired) electrons. The molecule has 0 N–H and O–H groups in total. The molecule has 0 unspecified atom stereocenters. The molecule has 0 fully saturated rings. The molecule has 1 rings (SSSR count). The molecule has 0 spiro atoms. The first-order valence-corrected chi connectivity index (χ1v) is 6.08. The minimum absolute atomic E-state index is 0.235. The normalized spacial score (nSPS) is 12.3.